The Kier molecular flexibility index (Phi) is 5.33. The van der Waals surface area contributed by atoms with Crippen molar-refractivity contribution in [2.45, 2.75) is 43.7 Å². The Balaban J connectivity index is 1.15. The summed E-state index contributed by atoms with van der Waals surface area (Å²) in [5.41, 5.74) is 1.70. The minimum Gasteiger partial charge on any atom is -0.472 e. The van der Waals surface area contributed by atoms with Crippen LogP contribution < -0.4 is 4.74 Å². The summed E-state index contributed by atoms with van der Waals surface area (Å²) in [5, 5.41) is 0.0729. The Bertz CT molecular complexity index is 937. The van der Waals surface area contributed by atoms with Crippen LogP contribution in [0, 0.1) is 5.82 Å². The Morgan fingerprint density at radius 2 is 2.07 bits per heavy atom. The highest BCUT2D eigenvalue weighted by Crippen LogP contribution is 2.38. The molecule has 0 spiro atoms. The fraction of sp³-hybridized carbons (Fsp3) is 0.500. The van der Waals surface area contributed by atoms with Gasteiger partial charge in [-0.25, -0.2) is 9.37 Å². The average molecular weight is 431 g/mol. The first-order valence-corrected chi connectivity index (χ1v) is 10.9. The van der Waals surface area contributed by atoms with Crippen molar-refractivity contribution in [3.63, 3.8) is 0 Å². The lowest BCUT2D eigenvalue weighted by Crippen LogP contribution is -2.52. The third-order valence-electron chi connectivity index (χ3n) is 6.20. The van der Waals surface area contributed by atoms with Crippen molar-refractivity contribution in [1.82, 2.24) is 19.8 Å². The maximum absolute atomic E-state index is 13.6. The van der Waals surface area contributed by atoms with Gasteiger partial charge in [0.25, 0.3) is 0 Å². The number of amides is 1. The summed E-state index contributed by atoms with van der Waals surface area (Å²) in [6.45, 7) is 2.99. The summed E-state index contributed by atoms with van der Waals surface area (Å²) in [6.07, 6.45) is 7.06. The molecule has 0 bridgehead atoms. The molecule has 1 saturated carbocycles. The summed E-state index contributed by atoms with van der Waals surface area (Å²) in [7, 11) is 0. The second-order valence-electron chi connectivity index (χ2n) is 8.44. The second-order valence-corrected chi connectivity index (χ2v) is 8.85. The van der Waals surface area contributed by atoms with Gasteiger partial charge in [0.2, 0.25) is 11.8 Å². The Labute approximate surface area is 180 Å². The number of hydrogen-bond donors (Lipinski definition) is 0. The summed E-state index contributed by atoms with van der Waals surface area (Å²) >= 11 is 5.73. The van der Waals surface area contributed by atoms with Crippen LogP contribution in [0.5, 0.6) is 5.88 Å². The number of carbonyl (C=O) groups is 1. The molecule has 8 heteroatoms. The molecular formula is C22H24ClFN4O2. The zero-order chi connectivity index (χ0) is 20.7. The molecule has 2 saturated heterocycles. The maximum Gasteiger partial charge on any atom is 0.232 e. The molecule has 0 N–H and O–H groups in total. The van der Waals surface area contributed by atoms with Crippen molar-refractivity contribution in [1.29, 1.82) is 0 Å². The topological polar surface area (TPSA) is 58.6 Å². The van der Waals surface area contributed by atoms with Crippen LogP contribution in [0.4, 0.5) is 4.39 Å². The number of piperazine rings is 1. The molecule has 3 fully saturated rings. The van der Waals surface area contributed by atoms with Crippen LogP contribution in [0.3, 0.4) is 0 Å². The minimum atomic E-state index is -0.490. The number of fused-ring (bicyclic) bond motifs is 1. The lowest BCUT2D eigenvalue weighted by Gasteiger charge is -2.37. The SMILES string of the molecule is O=C(Cc1ccc(Cl)c(F)c1)N1CCN2C[C@H](Oc3cnc(C4CC4)cn3)C[C@H]2C1. The van der Waals surface area contributed by atoms with Crippen molar-refractivity contribution in [3.8, 4) is 5.88 Å². The van der Waals surface area contributed by atoms with Crippen LogP contribution in [-0.4, -0.2) is 64.0 Å². The van der Waals surface area contributed by atoms with Crippen LogP contribution in [0.2, 0.25) is 5.02 Å². The standard InChI is InChI=1S/C22H24ClFN4O2/c23-18-4-1-14(7-19(18)24)8-22(29)28-6-5-27-13-17(9-16(27)12-28)30-21-11-25-20(10-26-21)15-2-3-15/h1,4,7,10-11,15-17H,2-3,5-6,8-9,12-13H2/t16-,17+/m0/s1. The second kappa shape index (κ2) is 8.12. The lowest BCUT2D eigenvalue weighted by molar-refractivity contribution is -0.133. The molecule has 5 rings (SSSR count). The van der Waals surface area contributed by atoms with E-state index >= 15 is 0 Å². The van der Waals surface area contributed by atoms with Crippen LogP contribution >= 0.6 is 11.6 Å². The van der Waals surface area contributed by atoms with Gasteiger partial charge in [-0.15, -0.1) is 0 Å². The molecule has 1 aromatic heterocycles. The molecule has 0 radical (unpaired) electrons. The fourth-order valence-corrected chi connectivity index (χ4v) is 4.51. The molecule has 1 amide bonds. The van der Waals surface area contributed by atoms with Gasteiger partial charge in [-0.1, -0.05) is 17.7 Å². The maximum atomic E-state index is 13.6. The van der Waals surface area contributed by atoms with Crippen LogP contribution in [-0.2, 0) is 11.2 Å². The van der Waals surface area contributed by atoms with Gasteiger partial charge in [-0.3, -0.25) is 14.7 Å². The van der Waals surface area contributed by atoms with E-state index in [2.05, 4.69) is 14.9 Å². The summed E-state index contributed by atoms with van der Waals surface area (Å²) < 4.78 is 19.7. The average Bonchev–Trinajstić information content (AvgIpc) is 3.51. The Hall–Kier alpha value is -2.25. The number of hydrogen-bond acceptors (Lipinski definition) is 5. The predicted octanol–water partition coefficient (Wildman–Crippen LogP) is 3.05. The molecule has 3 heterocycles. The van der Waals surface area contributed by atoms with E-state index in [-0.39, 0.29) is 29.5 Å². The van der Waals surface area contributed by atoms with E-state index in [4.69, 9.17) is 16.3 Å². The third-order valence-corrected chi connectivity index (χ3v) is 6.51. The van der Waals surface area contributed by atoms with E-state index in [0.717, 1.165) is 25.2 Å². The number of aromatic nitrogens is 2. The van der Waals surface area contributed by atoms with Gasteiger partial charge in [0.1, 0.15) is 11.9 Å². The van der Waals surface area contributed by atoms with Gasteiger partial charge in [0.05, 0.1) is 29.5 Å². The first kappa shape index (κ1) is 19.7. The molecule has 2 aromatic rings. The Morgan fingerprint density at radius 3 is 2.80 bits per heavy atom. The number of nitrogens with zero attached hydrogens (tertiary/aromatic N) is 4. The van der Waals surface area contributed by atoms with Gasteiger partial charge in [0, 0.05) is 44.6 Å². The molecule has 158 valence electrons. The molecule has 6 nitrogen and oxygen atoms in total. The molecule has 0 unspecified atom stereocenters. The van der Waals surface area contributed by atoms with Crippen molar-refractivity contribution in [3.05, 3.63) is 52.7 Å². The molecule has 3 aliphatic rings. The van der Waals surface area contributed by atoms with Gasteiger partial charge < -0.3 is 9.64 Å². The van der Waals surface area contributed by atoms with Crippen LogP contribution in [0.25, 0.3) is 0 Å². The van der Waals surface area contributed by atoms with E-state index in [1.165, 1.54) is 25.0 Å². The van der Waals surface area contributed by atoms with Crippen LogP contribution in [0.1, 0.15) is 36.4 Å². The molecular weight excluding hydrogens is 407 g/mol. The van der Waals surface area contributed by atoms with Gasteiger partial charge in [-0.05, 0) is 30.5 Å². The molecule has 30 heavy (non-hydrogen) atoms. The van der Waals surface area contributed by atoms with E-state index in [9.17, 15) is 9.18 Å². The zero-order valence-corrected chi connectivity index (χ0v) is 17.4. The summed E-state index contributed by atoms with van der Waals surface area (Å²) in [5.74, 6) is 0.681. The van der Waals surface area contributed by atoms with Gasteiger partial charge >= 0.3 is 0 Å². The quantitative estimate of drug-likeness (QED) is 0.729. The number of ether oxygens (including phenoxy) is 1. The number of halogens is 2. The highest BCUT2D eigenvalue weighted by Gasteiger charge is 2.38. The van der Waals surface area contributed by atoms with Gasteiger partial charge in [-0.2, -0.15) is 0 Å². The fourth-order valence-electron chi connectivity index (χ4n) is 4.39. The summed E-state index contributed by atoms with van der Waals surface area (Å²) in [4.78, 5) is 25.9. The number of rotatable bonds is 5. The van der Waals surface area contributed by atoms with E-state index in [1.807, 2.05) is 11.1 Å². The highest BCUT2D eigenvalue weighted by atomic mass is 35.5. The number of benzene rings is 1. The first-order valence-electron chi connectivity index (χ1n) is 10.5. The number of carbonyl (C=O) groups excluding carboxylic acids is 1. The van der Waals surface area contributed by atoms with E-state index in [0.29, 0.717) is 30.5 Å². The zero-order valence-electron chi connectivity index (χ0n) is 16.6. The van der Waals surface area contributed by atoms with E-state index in [1.54, 1.807) is 12.3 Å². The predicted molar refractivity (Wildman–Crippen MR) is 110 cm³/mol. The largest absolute Gasteiger partial charge is 0.472 e. The highest BCUT2D eigenvalue weighted by molar-refractivity contribution is 6.30. The molecule has 2 aliphatic heterocycles. The smallest absolute Gasteiger partial charge is 0.232 e. The van der Waals surface area contributed by atoms with E-state index < -0.39 is 5.82 Å². The summed E-state index contributed by atoms with van der Waals surface area (Å²) in [6, 6.07) is 4.81. The monoisotopic (exact) mass is 430 g/mol. The van der Waals surface area contributed by atoms with Crippen molar-refractivity contribution >= 4 is 17.5 Å². The van der Waals surface area contributed by atoms with Crippen LogP contribution in [0.15, 0.2) is 30.6 Å². The van der Waals surface area contributed by atoms with Crippen molar-refractivity contribution in [2.75, 3.05) is 26.2 Å². The normalized spacial score (nSPS) is 24.0. The molecule has 2 atom stereocenters. The minimum absolute atomic E-state index is 0.0160. The third kappa shape index (κ3) is 4.27. The molecule has 1 aliphatic carbocycles. The molecule has 1 aromatic carbocycles. The lowest BCUT2D eigenvalue weighted by atomic mass is 10.1. The Morgan fingerprint density at radius 1 is 1.20 bits per heavy atom. The first-order chi connectivity index (χ1) is 14.5. The van der Waals surface area contributed by atoms with Crippen molar-refractivity contribution < 1.29 is 13.9 Å². The van der Waals surface area contributed by atoms with Crippen molar-refractivity contribution in [2.24, 2.45) is 0 Å². The van der Waals surface area contributed by atoms with Gasteiger partial charge in [0.15, 0.2) is 0 Å².